The van der Waals surface area contributed by atoms with Gasteiger partial charge in [0, 0.05) is 24.7 Å². The van der Waals surface area contributed by atoms with Gasteiger partial charge < -0.3 is 15.6 Å². The molecule has 0 fully saturated rings. The summed E-state index contributed by atoms with van der Waals surface area (Å²) in [4.78, 5) is 0. The average Bonchev–Trinajstić information content (AvgIpc) is 2.02. The quantitative estimate of drug-likeness (QED) is 0.659. The lowest BCUT2D eigenvalue weighted by Gasteiger charge is -2.43. The second-order valence-electron chi connectivity index (χ2n) is 4.26. The van der Waals surface area contributed by atoms with Gasteiger partial charge in [-0.15, -0.1) is 0 Å². The molecule has 0 aromatic heterocycles. The molecule has 1 unspecified atom stereocenters. The largest absolute Gasteiger partial charge is 0.396 e. The van der Waals surface area contributed by atoms with Gasteiger partial charge in [-0.1, -0.05) is 6.92 Å². The van der Waals surface area contributed by atoms with E-state index in [4.69, 9.17) is 15.6 Å². The predicted molar refractivity (Wildman–Crippen MR) is 54.6 cm³/mol. The lowest BCUT2D eigenvalue weighted by molar-refractivity contribution is 0.00478. The van der Waals surface area contributed by atoms with Crippen molar-refractivity contribution in [1.82, 2.24) is 0 Å². The zero-order chi connectivity index (χ0) is 10.5. The van der Waals surface area contributed by atoms with Crippen LogP contribution in [0.15, 0.2) is 0 Å². The van der Waals surface area contributed by atoms with Gasteiger partial charge in [0.05, 0.1) is 6.61 Å². The summed E-state index contributed by atoms with van der Waals surface area (Å²) in [5.74, 6) is 0. The predicted octanol–water partition coefficient (Wildman–Crippen LogP) is 1.15. The molecule has 0 aromatic rings. The summed E-state index contributed by atoms with van der Waals surface area (Å²) in [6.45, 7) is 6.84. The first-order valence-corrected chi connectivity index (χ1v) is 4.82. The summed E-state index contributed by atoms with van der Waals surface area (Å²) in [6, 6.07) is 0. The van der Waals surface area contributed by atoms with E-state index in [-0.39, 0.29) is 17.6 Å². The van der Waals surface area contributed by atoms with Crippen LogP contribution in [-0.2, 0) is 4.74 Å². The lowest BCUT2D eigenvalue weighted by atomic mass is 9.68. The second kappa shape index (κ2) is 4.94. The van der Waals surface area contributed by atoms with E-state index in [2.05, 4.69) is 6.92 Å². The van der Waals surface area contributed by atoms with E-state index in [1.54, 1.807) is 7.11 Å². The van der Waals surface area contributed by atoms with Gasteiger partial charge in [0.15, 0.2) is 0 Å². The average molecular weight is 189 g/mol. The van der Waals surface area contributed by atoms with Crippen LogP contribution in [0.2, 0.25) is 0 Å². The zero-order valence-electron chi connectivity index (χ0n) is 9.26. The highest BCUT2D eigenvalue weighted by atomic mass is 16.5. The molecule has 0 amide bonds. The van der Waals surface area contributed by atoms with Crippen LogP contribution in [0, 0.1) is 5.41 Å². The molecule has 3 N–H and O–H groups in total. The Morgan fingerprint density at radius 1 is 1.38 bits per heavy atom. The van der Waals surface area contributed by atoms with Crippen molar-refractivity contribution in [3.63, 3.8) is 0 Å². The topological polar surface area (TPSA) is 55.5 Å². The molecule has 0 aliphatic rings. The van der Waals surface area contributed by atoms with Crippen molar-refractivity contribution in [2.45, 2.75) is 39.2 Å². The summed E-state index contributed by atoms with van der Waals surface area (Å²) >= 11 is 0. The van der Waals surface area contributed by atoms with Crippen molar-refractivity contribution in [3.8, 4) is 0 Å². The molecule has 3 heteroatoms. The molecule has 0 bridgehead atoms. The molecule has 0 saturated carbocycles. The van der Waals surface area contributed by atoms with Gasteiger partial charge in [0.1, 0.15) is 0 Å². The number of hydrogen-bond donors (Lipinski definition) is 2. The van der Waals surface area contributed by atoms with Gasteiger partial charge in [-0.25, -0.2) is 0 Å². The Morgan fingerprint density at radius 3 is 2.15 bits per heavy atom. The third-order valence-corrected chi connectivity index (χ3v) is 3.05. The first kappa shape index (κ1) is 12.9. The highest BCUT2D eigenvalue weighted by Crippen LogP contribution is 2.36. The Kier molecular flexibility index (Phi) is 4.89. The van der Waals surface area contributed by atoms with Gasteiger partial charge in [-0.2, -0.15) is 0 Å². The fourth-order valence-corrected chi connectivity index (χ4v) is 1.81. The molecular formula is C10H23NO2. The van der Waals surface area contributed by atoms with Crippen molar-refractivity contribution >= 4 is 0 Å². The van der Waals surface area contributed by atoms with Gasteiger partial charge >= 0.3 is 0 Å². The van der Waals surface area contributed by atoms with E-state index in [0.29, 0.717) is 13.0 Å². The Hall–Kier alpha value is -0.120. The van der Waals surface area contributed by atoms with Gasteiger partial charge in [0.25, 0.3) is 0 Å². The van der Waals surface area contributed by atoms with E-state index in [1.165, 1.54) is 0 Å². The van der Waals surface area contributed by atoms with Crippen LogP contribution in [-0.4, -0.2) is 31.0 Å². The Labute approximate surface area is 81.3 Å². The van der Waals surface area contributed by atoms with E-state index in [9.17, 15) is 0 Å². The molecule has 0 radical (unpaired) electrons. The minimum atomic E-state index is -0.319. The standard InChI is InChI=1S/C10H23NO2/c1-5-10(6-7-12,8-13-4)9(2,3)11/h12H,5-8,11H2,1-4H3. The van der Waals surface area contributed by atoms with Crippen molar-refractivity contribution in [2.75, 3.05) is 20.3 Å². The molecule has 80 valence electrons. The van der Waals surface area contributed by atoms with Crippen LogP contribution >= 0.6 is 0 Å². The molecule has 0 aliphatic heterocycles. The van der Waals surface area contributed by atoms with Crippen LogP contribution in [0.5, 0.6) is 0 Å². The highest BCUT2D eigenvalue weighted by molar-refractivity contribution is 4.95. The molecule has 0 aromatic carbocycles. The number of hydrogen-bond acceptors (Lipinski definition) is 3. The van der Waals surface area contributed by atoms with Crippen LogP contribution in [0.1, 0.15) is 33.6 Å². The zero-order valence-corrected chi connectivity index (χ0v) is 9.26. The molecular weight excluding hydrogens is 166 g/mol. The minimum Gasteiger partial charge on any atom is -0.396 e. The van der Waals surface area contributed by atoms with E-state index < -0.39 is 0 Å². The van der Waals surface area contributed by atoms with E-state index >= 15 is 0 Å². The van der Waals surface area contributed by atoms with E-state index in [1.807, 2.05) is 13.8 Å². The maximum Gasteiger partial charge on any atom is 0.0536 e. The van der Waals surface area contributed by atoms with Crippen LogP contribution in [0.3, 0.4) is 0 Å². The number of nitrogens with two attached hydrogens (primary N) is 1. The first-order valence-electron chi connectivity index (χ1n) is 4.82. The summed E-state index contributed by atoms with van der Waals surface area (Å²) in [5.41, 5.74) is 5.67. The Bertz CT molecular complexity index is 134. The Morgan fingerprint density at radius 2 is 1.92 bits per heavy atom. The molecule has 0 spiro atoms. The smallest absolute Gasteiger partial charge is 0.0536 e. The van der Waals surface area contributed by atoms with E-state index in [0.717, 1.165) is 6.42 Å². The van der Waals surface area contributed by atoms with Crippen LogP contribution in [0.4, 0.5) is 0 Å². The highest BCUT2D eigenvalue weighted by Gasteiger charge is 2.40. The summed E-state index contributed by atoms with van der Waals surface area (Å²) in [7, 11) is 1.67. The lowest BCUT2D eigenvalue weighted by Crippen LogP contribution is -2.53. The first-order chi connectivity index (χ1) is 5.93. The molecule has 0 rings (SSSR count). The maximum atomic E-state index is 9.01. The van der Waals surface area contributed by atoms with Gasteiger partial charge in [-0.05, 0) is 26.7 Å². The summed E-state index contributed by atoms with van der Waals surface area (Å²) in [5, 5.41) is 9.01. The molecule has 3 nitrogen and oxygen atoms in total. The number of aliphatic hydroxyl groups excluding tert-OH is 1. The van der Waals surface area contributed by atoms with Gasteiger partial charge in [-0.3, -0.25) is 0 Å². The molecule has 13 heavy (non-hydrogen) atoms. The van der Waals surface area contributed by atoms with Crippen LogP contribution in [0.25, 0.3) is 0 Å². The summed E-state index contributed by atoms with van der Waals surface area (Å²) < 4.78 is 5.19. The van der Waals surface area contributed by atoms with Crippen molar-refractivity contribution in [3.05, 3.63) is 0 Å². The van der Waals surface area contributed by atoms with Crippen molar-refractivity contribution in [1.29, 1.82) is 0 Å². The third kappa shape index (κ3) is 2.93. The minimum absolute atomic E-state index is 0.115. The fraction of sp³-hybridized carbons (Fsp3) is 1.00. The van der Waals surface area contributed by atoms with Crippen molar-refractivity contribution in [2.24, 2.45) is 11.1 Å². The molecule has 0 saturated heterocycles. The fourth-order valence-electron chi connectivity index (χ4n) is 1.81. The second-order valence-corrected chi connectivity index (χ2v) is 4.26. The number of rotatable bonds is 6. The van der Waals surface area contributed by atoms with Crippen molar-refractivity contribution < 1.29 is 9.84 Å². The normalized spacial score (nSPS) is 17.1. The number of ether oxygens (including phenoxy) is 1. The maximum absolute atomic E-state index is 9.01. The number of methoxy groups -OCH3 is 1. The van der Waals surface area contributed by atoms with Crippen LogP contribution < -0.4 is 5.73 Å². The summed E-state index contributed by atoms with van der Waals surface area (Å²) in [6.07, 6.45) is 1.62. The monoisotopic (exact) mass is 189 g/mol. The SMILES string of the molecule is CCC(CCO)(COC)C(C)(C)N. The van der Waals surface area contributed by atoms with Gasteiger partial charge in [0.2, 0.25) is 0 Å². The third-order valence-electron chi connectivity index (χ3n) is 3.05. The number of aliphatic hydroxyl groups is 1. The molecule has 0 aliphatic carbocycles. The Balaban J connectivity index is 4.64. The molecule has 0 heterocycles. The molecule has 1 atom stereocenters.